The van der Waals surface area contributed by atoms with Gasteiger partial charge in [-0.1, -0.05) is 18.2 Å². The molecule has 0 saturated carbocycles. The van der Waals surface area contributed by atoms with E-state index in [1.807, 2.05) is 30.3 Å². The molecular weight excluding hydrogens is 178 g/mol. The summed E-state index contributed by atoms with van der Waals surface area (Å²) in [6, 6.07) is 9.69. The van der Waals surface area contributed by atoms with Crippen LogP contribution in [0, 0.1) is 0 Å². The monoisotopic (exact) mass is 185 g/mol. The van der Waals surface area contributed by atoms with Crippen LogP contribution in [0.15, 0.2) is 30.3 Å². The molecule has 0 saturated heterocycles. The Balaban J connectivity index is 2.38. The SMILES string of the molecule is O=C1OCc2cc3ccccc3nc21. The van der Waals surface area contributed by atoms with Gasteiger partial charge in [-0.05, 0) is 12.1 Å². The molecule has 2 aromatic rings. The van der Waals surface area contributed by atoms with Crippen molar-refractivity contribution in [3.05, 3.63) is 41.6 Å². The number of fused-ring (bicyclic) bond motifs is 2. The van der Waals surface area contributed by atoms with Gasteiger partial charge in [0.25, 0.3) is 0 Å². The highest BCUT2D eigenvalue weighted by molar-refractivity contribution is 5.94. The summed E-state index contributed by atoms with van der Waals surface area (Å²) in [5, 5.41) is 1.05. The highest BCUT2D eigenvalue weighted by Gasteiger charge is 2.22. The molecule has 0 atom stereocenters. The number of rotatable bonds is 0. The number of hydrogen-bond acceptors (Lipinski definition) is 3. The molecule has 0 N–H and O–H groups in total. The van der Waals surface area contributed by atoms with E-state index in [-0.39, 0.29) is 5.97 Å². The standard InChI is InChI=1S/C11H7NO2/c13-11-10-8(6-14-11)5-7-3-1-2-4-9(7)12-10/h1-5H,6H2. The van der Waals surface area contributed by atoms with E-state index in [4.69, 9.17) is 4.74 Å². The van der Waals surface area contributed by atoms with E-state index in [0.717, 1.165) is 16.5 Å². The number of para-hydroxylation sites is 1. The smallest absolute Gasteiger partial charge is 0.357 e. The molecule has 0 spiro atoms. The topological polar surface area (TPSA) is 39.2 Å². The molecular formula is C11H7NO2. The third-order valence-electron chi connectivity index (χ3n) is 2.36. The fraction of sp³-hybridized carbons (Fsp3) is 0.0909. The van der Waals surface area contributed by atoms with Crippen molar-refractivity contribution in [2.24, 2.45) is 0 Å². The molecule has 3 rings (SSSR count). The number of ether oxygens (including phenoxy) is 1. The molecule has 0 unspecified atom stereocenters. The van der Waals surface area contributed by atoms with Crippen molar-refractivity contribution in [3.8, 4) is 0 Å². The molecule has 14 heavy (non-hydrogen) atoms. The number of cyclic esters (lactones) is 1. The van der Waals surface area contributed by atoms with Crippen molar-refractivity contribution in [2.45, 2.75) is 6.61 Å². The van der Waals surface area contributed by atoms with Gasteiger partial charge in [0.15, 0.2) is 5.69 Å². The summed E-state index contributed by atoms with van der Waals surface area (Å²) in [4.78, 5) is 15.5. The van der Waals surface area contributed by atoms with Crippen LogP contribution in [0.25, 0.3) is 10.9 Å². The van der Waals surface area contributed by atoms with Gasteiger partial charge in [-0.2, -0.15) is 0 Å². The summed E-state index contributed by atoms with van der Waals surface area (Å²) in [7, 11) is 0. The van der Waals surface area contributed by atoms with E-state index in [9.17, 15) is 4.79 Å². The van der Waals surface area contributed by atoms with Crippen molar-refractivity contribution in [1.82, 2.24) is 4.98 Å². The molecule has 1 aliphatic rings. The normalized spacial score (nSPS) is 14.1. The van der Waals surface area contributed by atoms with E-state index < -0.39 is 0 Å². The van der Waals surface area contributed by atoms with E-state index in [0.29, 0.717) is 12.3 Å². The molecule has 0 aliphatic carbocycles. The van der Waals surface area contributed by atoms with E-state index in [1.165, 1.54) is 0 Å². The van der Waals surface area contributed by atoms with Crippen molar-refractivity contribution in [3.63, 3.8) is 0 Å². The Morgan fingerprint density at radius 1 is 1.29 bits per heavy atom. The number of nitrogens with zero attached hydrogens (tertiary/aromatic N) is 1. The molecule has 0 fully saturated rings. The number of carbonyl (C=O) groups excluding carboxylic acids is 1. The molecule has 0 bridgehead atoms. The number of esters is 1. The van der Waals surface area contributed by atoms with Crippen molar-refractivity contribution >= 4 is 16.9 Å². The van der Waals surface area contributed by atoms with Gasteiger partial charge in [0.1, 0.15) is 6.61 Å². The Morgan fingerprint density at radius 2 is 2.14 bits per heavy atom. The van der Waals surface area contributed by atoms with Gasteiger partial charge < -0.3 is 4.74 Å². The lowest BCUT2D eigenvalue weighted by atomic mass is 10.1. The van der Waals surface area contributed by atoms with Crippen molar-refractivity contribution in [2.75, 3.05) is 0 Å². The predicted molar refractivity (Wildman–Crippen MR) is 50.9 cm³/mol. The Hall–Kier alpha value is -1.90. The molecule has 1 aromatic heterocycles. The molecule has 68 valence electrons. The maximum atomic E-state index is 11.2. The lowest BCUT2D eigenvalue weighted by Gasteiger charge is -1.98. The minimum atomic E-state index is -0.314. The van der Waals surface area contributed by atoms with Gasteiger partial charge in [0.05, 0.1) is 5.52 Å². The minimum absolute atomic E-state index is 0.314. The molecule has 3 heteroatoms. The first-order valence-electron chi connectivity index (χ1n) is 4.40. The number of benzene rings is 1. The first kappa shape index (κ1) is 7.50. The summed E-state index contributed by atoms with van der Waals surface area (Å²) in [5.41, 5.74) is 2.18. The van der Waals surface area contributed by atoms with Crippen LogP contribution < -0.4 is 0 Å². The molecule has 0 amide bonds. The number of pyridine rings is 1. The minimum Gasteiger partial charge on any atom is -0.456 e. The number of carbonyl (C=O) groups is 1. The van der Waals surface area contributed by atoms with Gasteiger partial charge in [0, 0.05) is 10.9 Å². The zero-order valence-electron chi connectivity index (χ0n) is 7.36. The summed E-state index contributed by atoms with van der Waals surface area (Å²) >= 11 is 0. The quantitative estimate of drug-likeness (QED) is 0.588. The Bertz CT molecular complexity index is 534. The second kappa shape index (κ2) is 2.54. The number of hydrogen-bond donors (Lipinski definition) is 0. The first-order chi connectivity index (χ1) is 6.84. The average molecular weight is 185 g/mol. The van der Waals surface area contributed by atoms with Gasteiger partial charge in [-0.25, -0.2) is 9.78 Å². The van der Waals surface area contributed by atoms with Gasteiger partial charge in [-0.15, -0.1) is 0 Å². The van der Waals surface area contributed by atoms with E-state index in [1.54, 1.807) is 0 Å². The van der Waals surface area contributed by atoms with Crippen LogP contribution in [0.2, 0.25) is 0 Å². The second-order valence-electron chi connectivity index (χ2n) is 3.26. The third kappa shape index (κ3) is 0.923. The van der Waals surface area contributed by atoms with Crippen LogP contribution in [0.5, 0.6) is 0 Å². The average Bonchev–Trinajstić information content (AvgIpc) is 2.57. The van der Waals surface area contributed by atoms with Crippen LogP contribution in [0.4, 0.5) is 0 Å². The van der Waals surface area contributed by atoms with Crippen LogP contribution in [-0.4, -0.2) is 11.0 Å². The molecule has 2 heterocycles. The second-order valence-corrected chi connectivity index (χ2v) is 3.26. The fourth-order valence-corrected chi connectivity index (χ4v) is 1.66. The van der Waals surface area contributed by atoms with Crippen molar-refractivity contribution in [1.29, 1.82) is 0 Å². The van der Waals surface area contributed by atoms with E-state index in [2.05, 4.69) is 4.98 Å². The van der Waals surface area contributed by atoms with Crippen LogP contribution in [0.1, 0.15) is 16.1 Å². The Morgan fingerprint density at radius 3 is 3.07 bits per heavy atom. The molecule has 3 nitrogen and oxygen atoms in total. The summed E-state index contributed by atoms with van der Waals surface area (Å²) in [6.07, 6.45) is 0. The molecule has 1 aromatic carbocycles. The van der Waals surface area contributed by atoms with Gasteiger partial charge >= 0.3 is 5.97 Å². The Kier molecular flexibility index (Phi) is 1.36. The maximum absolute atomic E-state index is 11.2. The highest BCUT2D eigenvalue weighted by atomic mass is 16.5. The molecule has 1 aliphatic heterocycles. The van der Waals surface area contributed by atoms with Gasteiger partial charge in [-0.3, -0.25) is 0 Å². The van der Waals surface area contributed by atoms with Crippen LogP contribution >= 0.6 is 0 Å². The summed E-state index contributed by atoms with van der Waals surface area (Å²) in [5.74, 6) is -0.314. The zero-order valence-corrected chi connectivity index (χ0v) is 7.36. The first-order valence-corrected chi connectivity index (χ1v) is 4.40. The lowest BCUT2D eigenvalue weighted by Crippen LogP contribution is -1.97. The van der Waals surface area contributed by atoms with Crippen LogP contribution in [0.3, 0.4) is 0 Å². The van der Waals surface area contributed by atoms with Gasteiger partial charge in [0.2, 0.25) is 0 Å². The highest BCUT2D eigenvalue weighted by Crippen LogP contribution is 2.22. The Labute approximate surface area is 80.3 Å². The third-order valence-corrected chi connectivity index (χ3v) is 2.36. The lowest BCUT2D eigenvalue weighted by molar-refractivity contribution is 0.0531. The van der Waals surface area contributed by atoms with E-state index >= 15 is 0 Å². The number of aromatic nitrogens is 1. The fourth-order valence-electron chi connectivity index (χ4n) is 1.66. The summed E-state index contributed by atoms with van der Waals surface area (Å²) in [6.45, 7) is 0.353. The largest absolute Gasteiger partial charge is 0.456 e. The summed E-state index contributed by atoms with van der Waals surface area (Å²) < 4.78 is 4.89. The van der Waals surface area contributed by atoms with Crippen molar-refractivity contribution < 1.29 is 9.53 Å². The molecule has 0 radical (unpaired) electrons. The predicted octanol–water partition coefficient (Wildman–Crippen LogP) is 1.91. The maximum Gasteiger partial charge on any atom is 0.357 e. The van der Waals surface area contributed by atoms with Crippen LogP contribution in [-0.2, 0) is 11.3 Å². The zero-order chi connectivity index (χ0) is 9.54.